The molecule has 2 atom stereocenters. The van der Waals surface area contributed by atoms with Gasteiger partial charge in [-0.15, -0.1) is 0 Å². The minimum Gasteiger partial charge on any atom is -0.494 e. The van der Waals surface area contributed by atoms with Crippen molar-refractivity contribution in [3.05, 3.63) is 54.1 Å². The molecule has 0 saturated carbocycles. The third kappa shape index (κ3) is 5.48. The summed E-state index contributed by atoms with van der Waals surface area (Å²) in [4.78, 5) is 17.1. The van der Waals surface area contributed by atoms with Crippen LogP contribution in [0.2, 0.25) is 0 Å². The molecule has 0 N–H and O–H groups in total. The molecule has 166 valence electrons. The van der Waals surface area contributed by atoms with Gasteiger partial charge in [0, 0.05) is 37.3 Å². The number of carbonyl (C=O) groups is 1. The van der Waals surface area contributed by atoms with Crippen LogP contribution in [0.5, 0.6) is 5.75 Å². The Morgan fingerprint density at radius 2 is 1.45 bits per heavy atom. The van der Waals surface area contributed by atoms with Gasteiger partial charge in [-0.2, -0.15) is 0 Å². The molecule has 0 bridgehead atoms. The van der Waals surface area contributed by atoms with Crippen molar-refractivity contribution in [2.45, 2.75) is 64.5 Å². The van der Waals surface area contributed by atoms with Gasteiger partial charge in [0.25, 0.3) is 5.91 Å². The van der Waals surface area contributed by atoms with Gasteiger partial charge in [-0.1, -0.05) is 30.7 Å². The molecule has 0 aliphatic carbocycles. The third-order valence-corrected chi connectivity index (χ3v) is 6.92. The summed E-state index contributed by atoms with van der Waals surface area (Å²) in [5.74, 6) is 1.07. The molecule has 0 aromatic heterocycles. The quantitative estimate of drug-likeness (QED) is 0.545. The van der Waals surface area contributed by atoms with Gasteiger partial charge in [0.05, 0.1) is 6.61 Å². The Labute approximate surface area is 187 Å². The normalized spacial score (nSPS) is 21.9. The van der Waals surface area contributed by atoms with Crippen LogP contribution < -0.4 is 4.74 Å². The van der Waals surface area contributed by atoms with Gasteiger partial charge in [0.1, 0.15) is 5.75 Å². The van der Waals surface area contributed by atoms with E-state index in [1.165, 1.54) is 19.3 Å². The monoisotopic (exact) mass is 420 g/mol. The number of benzene rings is 2. The molecule has 2 aliphatic rings. The fraction of sp³-hybridized carbons (Fsp3) is 0.519. The second kappa shape index (κ2) is 10.3. The number of hydrogen-bond donors (Lipinski definition) is 0. The van der Waals surface area contributed by atoms with Crippen molar-refractivity contribution < 1.29 is 9.53 Å². The molecule has 4 rings (SSSR count). The number of ether oxygens (including phenoxy) is 1. The molecule has 2 heterocycles. The molecule has 0 radical (unpaired) electrons. The Kier molecular flexibility index (Phi) is 7.29. The van der Waals surface area contributed by atoms with Crippen molar-refractivity contribution in [1.29, 1.82) is 0 Å². The average molecular weight is 421 g/mol. The Morgan fingerprint density at radius 1 is 0.871 bits per heavy atom. The van der Waals surface area contributed by atoms with E-state index < -0.39 is 0 Å². The van der Waals surface area contributed by atoms with Crippen LogP contribution >= 0.6 is 0 Å². The summed E-state index contributed by atoms with van der Waals surface area (Å²) in [5.41, 5.74) is 3.05. The number of hydrogen-bond acceptors (Lipinski definition) is 3. The summed E-state index contributed by atoms with van der Waals surface area (Å²) < 4.78 is 5.99. The first-order valence-corrected chi connectivity index (χ1v) is 12.0. The maximum atomic E-state index is 12.5. The molecule has 1 amide bonds. The van der Waals surface area contributed by atoms with Gasteiger partial charge >= 0.3 is 0 Å². The average Bonchev–Trinajstić information content (AvgIpc) is 3.33. The molecule has 2 unspecified atom stereocenters. The van der Waals surface area contributed by atoms with Crippen LogP contribution in [-0.2, 0) is 0 Å². The van der Waals surface area contributed by atoms with E-state index in [2.05, 4.69) is 30.9 Å². The minimum atomic E-state index is 0.154. The van der Waals surface area contributed by atoms with Gasteiger partial charge in [0.15, 0.2) is 0 Å². The van der Waals surface area contributed by atoms with E-state index in [1.54, 1.807) is 0 Å². The Bertz CT molecular complexity index is 831. The summed E-state index contributed by atoms with van der Waals surface area (Å²) in [6.07, 6.45) is 7.30. The predicted molar refractivity (Wildman–Crippen MR) is 127 cm³/mol. The van der Waals surface area contributed by atoms with Crippen molar-refractivity contribution in [3.63, 3.8) is 0 Å². The first kappa shape index (κ1) is 21.9. The lowest BCUT2D eigenvalue weighted by atomic mass is 9.97. The molecule has 31 heavy (non-hydrogen) atoms. The second-order valence-corrected chi connectivity index (χ2v) is 9.17. The zero-order chi connectivity index (χ0) is 21.6. The number of nitrogens with zero attached hydrogens (tertiary/aromatic N) is 2. The van der Waals surface area contributed by atoms with Gasteiger partial charge in [-0.25, -0.2) is 0 Å². The number of piperidine rings is 1. The van der Waals surface area contributed by atoms with Gasteiger partial charge in [-0.3, -0.25) is 9.69 Å². The largest absolute Gasteiger partial charge is 0.494 e. The number of carbonyl (C=O) groups excluding carboxylic acids is 1. The van der Waals surface area contributed by atoms with Crippen LogP contribution in [0.15, 0.2) is 48.5 Å². The highest BCUT2D eigenvalue weighted by Crippen LogP contribution is 2.25. The zero-order valence-corrected chi connectivity index (χ0v) is 19.1. The number of rotatable bonds is 7. The van der Waals surface area contributed by atoms with Crippen molar-refractivity contribution in [2.24, 2.45) is 0 Å². The van der Waals surface area contributed by atoms with E-state index in [-0.39, 0.29) is 5.91 Å². The maximum Gasteiger partial charge on any atom is 0.253 e. The third-order valence-electron chi connectivity index (χ3n) is 6.92. The van der Waals surface area contributed by atoms with E-state index in [0.29, 0.717) is 12.1 Å². The second-order valence-electron chi connectivity index (χ2n) is 9.17. The molecule has 2 fully saturated rings. The van der Waals surface area contributed by atoms with Crippen molar-refractivity contribution in [2.75, 3.05) is 26.2 Å². The lowest BCUT2D eigenvalue weighted by Crippen LogP contribution is -2.44. The molecular formula is C27H36N2O2. The fourth-order valence-electron chi connectivity index (χ4n) is 5.00. The standard InChI is InChI=1S/C27H36N2O2/c1-21-7-5-8-22(2)29(21)19-6-20-31-26-15-13-24(14-16-26)23-9-11-25(12-10-23)27(30)28-17-3-4-18-28/h9-16,21-22H,3-8,17-20H2,1-2H3. The topological polar surface area (TPSA) is 32.8 Å². The lowest BCUT2D eigenvalue weighted by molar-refractivity contribution is 0.0793. The summed E-state index contributed by atoms with van der Waals surface area (Å²) in [7, 11) is 0. The molecular weight excluding hydrogens is 384 g/mol. The molecule has 2 aromatic rings. The Hall–Kier alpha value is -2.33. The summed E-state index contributed by atoms with van der Waals surface area (Å²) >= 11 is 0. The van der Waals surface area contributed by atoms with E-state index in [4.69, 9.17) is 4.74 Å². The minimum absolute atomic E-state index is 0.154. The van der Waals surface area contributed by atoms with E-state index in [1.807, 2.05) is 41.3 Å². The maximum absolute atomic E-state index is 12.5. The molecule has 2 aliphatic heterocycles. The van der Waals surface area contributed by atoms with Crippen LogP contribution in [0, 0.1) is 0 Å². The SMILES string of the molecule is CC1CCCC(C)N1CCCOc1ccc(-c2ccc(C(=O)N3CCCC3)cc2)cc1. The first-order valence-electron chi connectivity index (χ1n) is 12.0. The van der Waals surface area contributed by atoms with Crippen LogP contribution in [0.3, 0.4) is 0 Å². The summed E-state index contributed by atoms with van der Waals surface area (Å²) in [6.45, 7) is 8.34. The van der Waals surface area contributed by atoms with Gasteiger partial charge < -0.3 is 9.64 Å². The molecule has 0 spiro atoms. The first-order chi connectivity index (χ1) is 15.1. The highest BCUT2D eigenvalue weighted by Gasteiger charge is 2.23. The lowest BCUT2D eigenvalue weighted by Gasteiger charge is -2.39. The summed E-state index contributed by atoms with van der Waals surface area (Å²) in [5, 5.41) is 0. The molecule has 2 aromatic carbocycles. The molecule has 2 saturated heterocycles. The zero-order valence-electron chi connectivity index (χ0n) is 19.1. The van der Waals surface area contributed by atoms with E-state index in [0.717, 1.165) is 67.9 Å². The molecule has 4 heteroatoms. The van der Waals surface area contributed by atoms with Crippen molar-refractivity contribution in [1.82, 2.24) is 9.80 Å². The van der Waals surface area contributed by atoms with Crippen LogP contribution in [0.25, 0.3) is 11.1 Å². The fourth-order valence-corrected chi connectivity index (χ4v) is 5.00. The van der Waals surface area contributed by atoms with Crippen molar-refractivity contribution in [3.8, 4) is 16.9 Å². The van der Waals surface area contributed by atoms with Gasteiger partial charge in [-0.05, 0) is 81.3 Å². The number of likely N-dealkylation sites (tertiary alicyclic amines) is 2. The van der Waals surface area contributed by atoms with Crippen molar-refractivity contribution >= 4 is 5.91 Å². The predicted octanol–water partition coefficient (Wildman–Crippen LogP) is 5.62. The summed E-state index contributed by atoms with van der Waals surface area (Å²) in [6, 6.07) is 17.7. The van der Waals surface area contributed by atoms with Crippen LogP contribution in [0.1, 0.15) is 62.7 Å². The Balaban J connectivity index is 1.26. The smallest absolute Gasteiger partial charge is 0.253 e. The van der Waals surface area contributed by atoms with Crippen LogP contribution in [-0.4, -0.2) is 54.0 Å². The van der Waals surface area contributed by atoms with Crippen LogP contribution in [0.4, 0.5) is 0 Å². The van der Waals surface area contributed by atoms with Gasteiger partial charge in [0.2, 0.25) is 0 Å². The van der Waals surface area contributed by atoms with E-state index >= 15 is 0 Å². The highest BCUT2D eigenvalue weighted by molar-refractivity contribution is 5.94. The number of amides is 1. The highest BCUT2D eigenvalue weighted by atomic mass is 16.5. The molecule has 4 nitrogen and oxygen atoms in total. The Morgan fingerprint density at radius 3 is 2.06 bits per heavy atom. The van der Waals surface area contributed by atoms with E-state index in [9.17, 15) is 4.79 Å².